The van der Waals surface area contributed by atoms with Crippen LogP contribution in [0.15, 0.2) is 76.5 Å². The molecule has 2 aromatic heterocycles. The summed E-state index contributed by atoms with van der Waals surface area (Å²) >= 11 is 5.98. The van der Waals surface area contributed by atoms with Gasteiger partial charge in [0.05, 0.1) is 4.90 Å². The molecular weight excluding hydrogens is 372 g/mol. The van der Waals surface area contributed by atoms with Crippen LogP contribution in [0.4, 0.5) is 5.82 Å². The van der Waals surface area contributed by atoms with Crippen molar-refractivity contribution >= 4 is 38.3 Å². The van der Waals surface area contributed by atoms with E-state index in [0.717, 1.165) is 0 Å². The molecule has 26 heavy (non-hydrogen) atoms. The molecule has 2 N–H and O–H groups in total. The number of sulfone groups is 1. The van der Waals surface area contributed by atoms with Crippen molar-refractivity contribution in [2.75, 3.05) is 5.73 Å². The fourth-order valence-electron chi connectivity index (χ4n) is 2.89. The Morgan fingerprint density at radius 2 is 1.54 bits per heavy atom. The van der Waals surface area contributed by atoms with Gasteiger partial charge in [0.15, 0.2) is 10.8 Å². The molecule has 0 amide bonds. The summed E-state index contributed by atoms with van der Waals surface area (Å²) in [6.07, 6.45) is 0. The maximum atomic E-state index is 13.2. The van der Waals surface area contributed by atoms with Crippen molar-refractivity contribution in [2.24, 2.45) is 0 Å². The van der Waals surface area contributed by atoms with Crippen LogP contribution in [-0.2, 0) is 9.84 Å². The second-order valence-corrected chi connectivity index (χ2v) is 7.88. The fraction of sp³-hybridized carbons (Fsp3) is 0. The normalized spacial score (nSPS) is 11.7. The number of anilines is 1. The highest BCUT2D eigenvalue weighted by atomic mass is 35.5. The monoisotopic (exact) mass is 384 g/mol. The van der Waals surface area contributed by atoms with Crippen LogP contribution >= 0.6 is 11.6 Å². The lowest BCUT2D eigenvalue weighted by atomic mass is 10.3. The van der Waals surface area contributed by atoms with E-state index in [1.165, 1.54) is 18.2 Å². The Balaban J connectivity index is 2.11. The van der Waals surface area contributed by atoms with E-state index >= 15 is 0 Å². The van der Waals surface area contributed by atoms with Gasteiger partial charge in [-0.2, -0.15) is 0 Å². The number of para-hydroxylation sites is 1. The number of hydrogen-bond acceptors (Lipinski definition) is 5. The van der Waals surface area contributed by atoms with Crippen LogP contribution in [0.1, 0.15) is 0 Å². The van der Waals surface area contributed by atoms with E-state index in [1.54, 1.807) is 22.8 Å². The van der Waals surface area contributed by atoms with Crippen molar-refractivity contribution in [1.29, 1.82) is 0 Å². The standard InChI is InChI=1S/C18H13ClN4O2S/c19-15-11-14-16(26(24,25)13-9-5-2-6-10-13)17(20)23(18(14)22-21-15)12-7-3-1-4-8-12/h1-11H,20H2. The molecule has 4 aromatic rings. The first-order valence-electron chi connectivity index (χ1n) is 7.69. The second kappa shape index (κ2) is 6.12. The number of nitrogens with zero attached hydrogens (tertiary/aromatic N) is 3. The van der Waals surface area contributed by atoms with Crippen LogP contribution in [0, 0.1) is 0 Å². The van der Waals surface area contributed by atoms with E-state index in [1.807, 2.05) is 30.3 Å². The second-order valence-electron chi connectivity index (χ2n) is 5.61. The van der Waals surface area contributed by atoms with Gasteiger partial charge in [-0.15, -0.1) is 10.2 Å². The van der Waals surface area contributed by atoms with E-state index in [9.17, 15) is 8.42 Å². The smallest absolute Gasteiger partial charge is 0.210 e. The summed E-state index contributed by atoms with van der Waals surface area (Å²) in [6.45, 7) is 0. The Labute approximate surface area is 154 Å². The highest BCUT2D eigenvalue weighted by molar-refractivity contribution is 7.92. The molecule has 0 spiro atoms. The van der Waals surface area contributed by atoms with Crippen molar-refractivity contribution < 1.29 is 8.42 Å². The third-order valence-corrected chi connectivity index (χ3v) is 6.06. The van der Waals surface area contributed by atoms with Gasteiger partial charge >= 0.3 is 0 Å². The number of fused-ring (bicyclic) bond motifs is 1. The summed E-state index contributed by atoms with van der Waals surface area (Å²) in [7, 11) is -3.87. The van der Waals surface area contributed by atoms with Crippen LogP contribution in [-0.4, -0.2) is 23.2 Å². The van der Waals surface area contributed by atoms with Gasteiger partial charge in [-0.25, -0.2) is 8.42 Å². The molecule has 0 aliphatic heterocycles. The van der Waals surface area contributed by atoms with Gasteiger partial charge in [-0.05, 0) is 30.3 Å². The summed E-state index contributed by atoms with van der Waals surface area (Å²) in [4.78, 5) is 0.117. The van der Waals surface area contributed by atoms with Crippen molar-refractivity contribution in [3.8, 4) is 5.69 Å². The lowest BCUT2D eigenvalue weighted by molar-refractivity contribution is 0.597. The lowest BCUT2D eigenvalue weighted by Gasteiger charge is -2.08. The zero-order chi connectivity index (χ0) is 18.3. The van der Waals surface area contributed by atoms with Crippen LogP contribution in [0.3, 0.4) is 0 Å². The number of hydrogen-bond donors (Lipinski definition) is 1. The number of benzene rings is 2. The third-order valence-electron chi connectivity index (χ3n) is 4.01. The van der Waals surface area contributed by atoms with Crippen molar-refractivity contribution in [3.05, 3.63) is 71.9 Å². The molecule has 0 aliphatic carbocycles. The summed E-state index contributed by atoms with van der Waals surface area (Å²) in [5, 5.41) is 8.35. The minimum absolute atomic E-state index is 0.0284. The zero-order valence-corrected chi connectivity index (χ0v) is 14.9. The van der Waals surface area contributed by atoms with E-state index in [2.05, 4.69) is 10.2 Å². The van der Waals surface area contributed by atoms with E-state index in [0.29, 0.717) is 16.7 Å². The van der Waals surface area contributed by atoms with E-state index < -0.39 is 9.84 Å². The first-order chi connectivity index (χ1) is 12.5. The number of aromatic nitrogens is 3. The number of rotatable bonds is 3. The lowest BCUT2D eigenvalue weighted by Crippen LogP contribution is -2.07. The molecule has 0 aliphatic rings. The molecule has 0 saturated heterocycles. The average molecular weight is 385 g/mol. The molecule has 6 nitrogen and oxygen atoms in total. The SMILES string of the molecule is Nc1c(S(=O)(=O)c2ccccc2)c2cc(Cl)nnc2n1-c1ccccc1. The summed E-state index contributed by atoms with van der Waals surface area (Å²) in [5.41, 5.74) is 7.30. The molecule has 0 fully saturated rings. The molecule has 2 aromatic carbocycles. The van der Waals surface area contributed by atoms with Crippen molar-refractivity contribution in [1.82, 2.24) is 14.8 Å². The first-order valence-corrected chi connectivity index (χ1v) is 9.55. The van der Waals surface area contributed by atoms with Gasteiger partial charge in [0.25, 0.3) is 0 Å². The molecule has 0 unspecified atom stereocenters. The Hall–Kier alpha value is -2.90. The van der Waals surface area contributed by atoms with Gasteiger partial charge in [-0.1, -0.05) is 48.0 Å². The topological polar surface area (TPSA) is 90.9 Å². The molecule has 4 rings (SSSR count). The summed E-state index contributed by atoms with van der Waals surface area (Å²) < 4.78 is 28.0. The van der Waals surface area contributed by atoms with Gasteiger partial charge in [0, 0.05) is 11.1 Å². The van der Waals surface area contributed by atoms with E-state index in [4.69, 9.17) is 17.3 Å². The predicted molar refractivity (Wildman–Crippen MR) is 100 cm³/mol. The van der Waals surface area contributed by atoms with Gasteiger partial charge in [0.1, 0.15) is 10.7 Å². The Bertz CT molecular complexity index is 1210. The molecular formula is C18H13ClN4O2S. The molecule has 0 radical (unpaired) electrons. The largest absolute Gasteiger partial charge is 0.384 e. The summed E-state index contributed by atoms with van der Waals surface area (Å²) in [5.74, 6) is 0.0617. The number of nitrogen functional groups attached to an aromatic ring is 1. The summed E-state index contributed by atoms with van der Waals surface area (Å²) in [6, 6.07) is 18.7. The van der Waals surface area contributed by atoms with E-state index in [-0.39, 0.29) is 20.8 Å². The minimum Gasteiger partial charge on any atom is -0.384 e. The van der Waals surface area contributed by atoms with Crippen LogP contribution in [0.5, 0.6) is 0 Å². The molecule has 0 atom stereocenters. The molecule has 2 heterocycles. The van der Waals surface area contributed by atoms with Gasteiger partial charge in [0.2, 0.25) is 9.84 Å². The zero-order valence-electron chi connectivity index (χ0n) is 13.4. The quantitative estimate of drug-likeness (QED) is 0.583. The maximum Gasteiger partial charge on any atom is 0.210 e. The van der Waals surface area contributed by atoms with Crippen molar-refractivity contribution in [3.63, 3.8) is 0 Å². The van der Waals surface area contributed by atoms with Crippen LogP contribution in [0.25, 0.3) is 16.7 Å². The number of nitrogens with two attached hydrogens (primary N) is 1. The third kappa shape index (κ3) is 2.53. The highest BCUT2D eigenvalue weighted by Gasteiger charge is 2.29. The predicted octanol–water partition coefficient (Wildman–Crippen LogP) is 3.49. The van der Waals surface area contributed by atoms with Gasteiger partial charge < -0.3 is 5.73 Å². The molecule has 8 heteroatoms. The first kappa shape index (κ1) is 16.6. The average Bonchev–Trinajstić information content (AvgIpc) is 2.94. The van der Waals surface area contributed by atoms with Crippen LogP contribution in [0.2, 0.25) is 5.15 Å². The highest BCUT2D eigenvalue weighted by Crippen LogP contribution is 2.37. The van der Waals surface area contributed by atoms with Crippen molar-refractivity contribution in [2.45, 2.75) is 9.79 Å². The minimum atomic E-state index is -3.87. The molecule has 0 saturated carbocycles. The van der Waals surface area contributed by atoms with Crippen LogP contribution < -0.4 is 5.73 Å². The molecule has 0 bridgehead atoms. The Kier molecular flexibility index (Phi) is 3.90. The maximum absolute atomic E-state index is 13.2. The van der Waals surface area contributed by atoms with Gasteiger partial charge in [-0.3, -0.25) is 4.57 Å². The number of halogens is 1. The fourth-order valence-corrected chi connectivity index (χ4v) is 4.59. The Morgan fingerprint density at radius 3 is 2.19 bits per heavy atom. The molecule has 130 valence electrons. The Morgan fingerprint density at radius 1 is 0.923 bits per heavy atom.